The van der Waals surface area contributed by atoms with E-state index in [9.17, 15) is 13.2 Å². The van der Waals surface area contributed by atoms with Gasteiger partial charge in [0, 0.05) is 6.07 Å². The normalized spacial score (nSPS) is 11.0. The third-order valence-corrected chi connectivity index (χ3v) is 6.72. The molecule has 0 radical (unpaired) electrons. The van der Waals surface area contributed by atoms with Crippen molar-refractivity contribution in [2.24, 2.45) is 0 Å². The van der Waals surface area contributed by atoms with E-state index in [-0.39, 0.29) is 4.90 Å². The van der Waals surface area contributed by atoms with Crippen LogP contribution in [0, 0.1) is 0 Å². The number of nitrogens with zero attached hydrogens (tertiary/aromatic N) is 1. The maximum absolute atomic E-state index is 13.4. The van der Waals surface area contributed by atoms with Crippen molar-refractivity contribution in [2.75, 3.05) is 30.4 Å². The Morgan fingerprint density at radius 2 is 1.62 bits per heavy atom. The molecule has 0 aliphatic carbocycles. The highest BCUT2D eigenvalue weighted by atomic mass is 32.2. The van der Waals surface area contributed by atoms with E-state index in [0.717, 1.165) is 16.3 Å². The summed E-state index contributed by atoms with van der Waals surface area (Å²) in [5.41, 5.74) is 1.89. The summed E-state index contributed by atoms with van der Waals surface area (Å²) < 4.78 is 38.4. The molecule has 0 fully saturated rings. The largest absolute Gasteiger partial charge is 0.497 e. The number of aryl methyl sites for hydroxylation is 1. The minimum atomic E-state index is -3.97. The second kappa shape index (κ2) is 10.2. The number of carbonyl (C=O) groups is 1. The van der Waals surface area contributed by atoms with Crippen LogP contribution in [-0.2, 0) is 21.2 Å². The molecule has 0 unspecified atom stereocenters. The van der Waals surface area contributed by atoms with E-state index in [4.69, 9.17) is 9.47 Å². The first-order valence-corrected chi connectivity index (χ1v) is 11.5. The van der Waals surface area contributed by atoms with Gasteiger partial charge in [0.15, 0.2) is 0 Å². The maximum Gasteiger partial charge on any atom is 0.264 e. The summed E-state index contributed by atoms with van der Waals surface area (Å²) in [5.74, 6) is 0.471. The Morgan fingerprint density at radius 3 is 2.22 bits per heavy atom. The van der Waals surface area contributed by atoms with E-state index in [1.807, 2.05) is 19.1 Å². The molecule has 0 saturated heterocycles. The molecule has 0 aliphatic heterocycles. The third-order valence-electron chi connectivity index (χ3n) is 4.93. The maximum atomic E-state index is 13.4. The number of ether oxygens (including phenoxy) is 2. The minimum absolute atomic E-state index is 0.106. The van der Waals surface area contributed by atoms with Gasteiger partial charge < -0.3 is 14.8 Å². The highest BCUT2D eigenvalue weighted by Gasteiger charge is 2.27. The van der Waals surface area contributed by atoms with Crippen molar-refractivity contribution in [3.63, 3.8) is 0 Å². The number of anilines is 2. The highest BCUT2D eigenvalue weighted by molar-refractivity contribution is 7.92. The Labute approximate surface area is 188 Å². The van der Waals surface area contributed by atoms with Gasteiger partial charge in [0.25, 0.3) is 10.0 Å². The summed E-state index contributed by atoms with van der Waals surface area (Å²) in [6.45, 7) is 1.61. The van der Waals surface area contributed by atoms with E-state index in [1.165, 1.54) is 26.4 Å². The lowest BCUT2D eigenvalue weighted by atomic mass is 10.1. The molecule has 3 aromatic rings. The van der Waals surface area contributed by atoms with Crippen LogP contribution in [0.4, 0.5) is 11.4 Å². The Kier molecular flexibility index (Phi) is 7.37. The molecular weight excluding hydrogens is 428 g/mol. The number of nitrogens with one attached hydrogen (secondary N) is 1. The lowest BCUT2D eigenvalue weighted by Gasteiger charge is -2.24. The van der Waals surface area contributed by atoms with Gasteiger partial charge in [-0.05, 0) is 48.4 Å². The quantitative estimate of drug-likeness (QED) is 0.526. The molecule has 0 saturated carbocycles. The number of methoxy groups -OCH3 is 2. The zero-order chi connectivity index (χ0) is 23.1. The fourth-order valence-electron chi connectivity index (χ4n) is 3.15. The number of benzene rings is 3. The van der Waals surface area contributed by atoms with Gasteiger partial charge in [-0.3, -0.25) is 9.10 Å². The van der Waals surface area contributed by atoms with Crippen molar-refractivity contribution in [1.82, 2.24) is 0 Å². The first-order valence-electron chi connectivity index (χ1n) is 10.1. The van der Waals surface area contributed by atoms with Gasteiger partial charge in [-0.25, -0.2) is 8.42 Å². The molecule has 3 aromatic carbocycles. The van der Waals surface area contributed by atoms with Crippen LogP contribution in [0.15, 0.2) is 77.7 Å². The van der Waals surface area contributed by atoms with Gasteiger partial charge in [-0.2, -0.15) is 0 Å². The average molecular weight is 455 g/mol. The van der Waals surface area contributed by atoms with Crippen LogP contribution in [0.25, 0.3) is 0 Å². The van der Waals surface area contributed by atoms with Crippen LogP contribution in [0.1, 0.15) is 12.5 Å². The van der Waals surface area contributed by atoms with Crippen molar-refractivity contribution in [3.05, 3.63) is 78.4 Å². The average Bonchev–Trinajstić information content (AvgIpc) is 2.83. The van der Waals surface area contributed by atoms with Crippen molar-refractivity contribution in [1.29, 1.82) is 0 Å². The molecule has 8 heteroatoms. The molecular formula is C24H26N2O5S. The molecule has 1 N–H and O–H groups in total. The van der Waals surface area contributed by atoms with Gasteiger partial charge in [-0.1, -0.05) is 37.3 Å². The van der Waals surface area contributed by atoms with Crippen LogP contribution in [0.2, 0.25) is 0 Å². The summed E-state index contributed by atoms with van der Waals surface area (Å²) >= 11 is 0. The highest BCUT2D eigenvalue weighted by Crippen LogP contribution is 2.29. The van der Waals surface area contributed by atoms with Crippen molar-refractivity contribution >= 4 is 27.3 Å². The fourth-order valence-corrected chi connectivity index (χ4v) is 4.60. The van der Waals surface area contributed by atoms with Crippen LogP contribution < -0.4 is 19.1 Å². The Morgan fingerprint density at radius 1 is 0.938 bits per heavy atom. The van der Waals surface area contributed by atoms with Gasteiger partial charge in [0.05, 0.1) is 30.5 Å². The summed E-state index contributed by atoms with van der Waals surface area (Å²) in [6.07, 6.45) is 0.823. The van der Waals surface area contributed by atoms with Crippen LogP contribution in [-0.4, -0.2) is 35.1 Å². The first kappa shape index (κ1) is 23.1. The topological polar surface area (TPSA) is 84.9 Å². The molecule has 1 amide bonds. The molecule has 0 aliphatic rings. The van der Waals surface area contributed by atoms with E-state index in [2.05, 4.69) is 5.32 Å². The van der Waals surface area contributed by atoms with Gasteiger partial charge >= 0.3 is 0 Å². The van der Waals surface area contributed by atoms with Crippen LogP contribution in [0.3, 0.4) is 0 Å². The predicted molar refractivity (Wildman–Crippen MR) is 125 cm³/mol. The van der Waals surface area contributed by atoms with Crippen molar-refractivity contribution < 1.29 is 22.7 Å². The van der Waals surface area contributed by atoms with Gasteiger partial charge in [-0.15, -0.1) is 0 Å². The third kappa shape index (κ3) is 5.20. The molecule has 7 nitrogen and oxygen atoms in total. The smallest absolute Gasteiger partial charge is 0.264 e. The van der Waals surface area contributed by atoms with Crippen molar-refractivity contribution in [3.8, 4) is 11.5 Å². The van der Waals surface area contributed by atoms with Crippen molar-refractivity contribution in [2.45, 2.75) is 18.2 Å². The van der Waals surface area contributed by atoms with Gasteiger partial charge in [0.1, 0.15) is 18.0 Å². The summed E-state index contributed by atoms with van der Waals surface area (Å²) in [5, 5.41) is 2.73. The number of carbonyl (C=O) groups excluding carboxylic acids is 1. The number of amides is 1. The van der Waals surface area contributed by atoms with Crippen LogP contribution >= 0.6 is 0 Å². The lowest BCUT2D eigenvalue weighted by Crippen LogP contribution is -2.38. The van der Waals surface area contributed by atoms with E-state index in [1.54, 1.807) is 48.5 Å². The van der Waals surface area contributed by atoms with Crippen LogP contribution in [0.5, 0.6) is 11.5 Å². The summed E-state index contributed by atoms with van der Waals surface area (Å²) in [6, 6.07) is 20.1. The Hall–Kier alpha value is -3.52. The second-order valence-electron chi connectivity index (χ2n) is 6.96. The number of sulfonamides is 1. The summed E-state index contributed by atoms with van der Waals surface area (Å²) in [7, 11) is -0.957. The lowest BCUT2D eigenvalue weighted by molar-refractivity contribution is -0.114. The molecule has 0 bridgehead atoms. The molecule has 168 valence electrons. The zero-order valence-corrected chi connectivity index (χ0v) is 19.1. The molecule has 3 rings (SSSR count). The number of hydrogen-bond acceptors (Lipinski definition) is 5. The van der Waals surface area contributed by atoms with E-state index < -0.39 is 22.5 Å². The van der Waals surface area contributed by atoms with Gasteiger partial charge in [0.2, 0.25) is 5.91 Å². The number of hydrogen-bond donors (Lipinski definition) is 1. The minimum Gasteiger partial charge on any atom is -0.497 e. The number of rotatable bonds is 9. The molecule has 0 heterocycles. The fraction of sp³-hybridized carbons (Fsp3) is 0.208. The van der Waals surface area contributed by atoms with E-state index in [0.29, 0.717) is 22.9 Å². The molecule has 32 heavy (non-hydrogen) atoms. The summed E-state index contributed by atoms with van der Waals surface area (Å²) in [4.78, 5) is 13.0. The predicted octanol–water partition coefficient (Wildman–Crippen LogP) is 4.10. The molecule has 0 aromatic heterocycles. The molecule has 0 spiro atoms. The molecule has 0 atom stereocenters. The SMILES string of the molecule is CCc1ccc(N(CC(=O)Nc2ccc(OC)cc2OC)S(=O)(=O)c2ccccc2)cc1. The Balaban J connectivity index is 1.93. The van der Waals surface area contributed by atoms with E-state index >= 15 is 0 Å². The standard InChI is InChI=1S/C24H26N2O5S/c1-4-18-10-12-19(13-11-18)26(32(28,29)21-8-6-5-7-9-21)17-24(27)25-22-15-14-20(30-2)16-23(22)31-3/h5-16H,4,17H2,1-3H3,(H,25,27). The monoisotopic (exact) mass is 454 g/mol. The second-order valence-corrected chi connectivity index (χ2v) is 8.82. The first-order chi connectivity index (χ1) is 15.4. The zero-order valence-electron chi connectivity index (χ0n) is 18.2. The Bertz CT molecular complexity index is 1160.